The Morgan fingerprint density at radius 1 is 0.853 bits per heavy atom. The van der Waals surface area contributed by atoms with E-state index in [4.69, 9.17) is 23.2 Å². The summed E-state index contributed by atoms with van der Waals surface area (Å²) in [5.74, 6) is -3.40. The molecule has 3 aromatic carbocycles. The van der Waals surface area contributed by atoms with Gasteiger partial charge in [0.1, 0.15) is 11.5 Å². The first-order chi connectivity index (χ1) is 16.2. The molecule has 0 radical (unpaired) electrons. The third kappa shape index (κ3) is 5.06. The van der Waals surface area contributed by atoms with E-state index in [-0.39, 0.29) is 22.1 Å². The first-order valence-corrected chi connectivity index (χ1v) is 11.2. The van der Waals surface area contributed by atoms with Crippen LogP contribution in [0.15, 0.2) is 71.2 Å². The van der Waals surface area contributed by atoms with Gasteiger partial charge >= 0.3 is 11.8 Å². The molecule has 3 amide bonds. The van der Waals surface area contributed by atoms with Crippen molar-refractivity contribution in [3.05, 3.63) is 92.8 Å². The van der Waals surface area contributed by atoms with Gasteiger partial charge in [-0.2, -0.15) is 0 Å². The van der Waals surface area contributed by atoms with E-state index in [2.05, 4.69) is 32.0 Å². The highest BCUT2D eigenvalue weighted by atomic mass is 79.9. The van der Waals surface area contributed by atoms with Gasteiger partial charge in [-0.3, -0.25) is 19.8 Å². The molecule has 0 spiro atoms. The van der Waals surface area contributed by atoms with E-state index in [0.717, 1.165) is 9.15 Å². The summed E-state index contributed by atoms with van der Waals surface area (Å²) < 4.78 is 15.9. The monoisotopic (exact) mass is 562 g/mol. The van der Waals surface area contributed by atoms with Crippen LogP contribution in [0.25, 0.3) is 10.9 Å². The van der Waals surface area contributed by atoms with Crippen LogP contribution in [0.3, 0.4) is 0 Å². The van der Waals surface area contributed by atoms with Gasteiger partial charge in [-0.1, -0.05) is 51.3 Å². The number of nitrogens with zero attached hydrogens (tertiary/aromatic N) is 1. The summed E-state index contributed by atoms with van der Waals surface area (Å²) in [7, 11) is 0. The number of halogens is 4. The predicted molar refractivity (Wildman–Crippen MR) is 133 cm³/mol. The van der Waals surface area contributed by atoms with E-state index < -0.39 is 23.5 Å². The van der Waals surface area contributed by atoms with Crippen molar-refractivity contribution in [2.75, 3.05) is 16.1 Å². The summed E-state index contributed by atoms with van der Waals surface area (Å²) in [6.45, 7) is 0. The number of carbonyl (C=O) groups excluding carboxylic acids is 3. The molecule has 7 nitrogen and oxygen atoms in total. The van der Waals surface area contributed by atoms with Crippen LogP contribution >= 0.6 is 39.1 Å². The molecule has 0 aliphatic heterocycles. The zero-order chi connectivity index (χ0) is 24.4. The number of hydrogen-bond acceptors (Lipinski definition) is 3. The molecule has 0 bridgehead atoms. The van der Waals surface area contributed by atoms with E-state index in [9.17, 15) is 18.8 Å². The lowest BCUT2D eigenvalue weighted by molar-refractivity contribution is -0.133. The highest BCUT2D eigenvalue weighted by Crippen LogP contribution is 2.26. The number of anilines is 2. The zero-order valence-corrected chi connectivity index (χ0v) is 20.1. The van der Waals surface area contributed by atoms with Gasteiger partial charge in [0.25, 0.3) is 5.91 Å². The molecule has 0 atom stereocenters. The van der Waals surface area contributed by atoms with Crippen molar-refractivity contribution >= 4 is 79.1 Å². The van der Waals surface area contributed by atoms with Crippen LogP contribution in [0.1, 0.15) is 10.5 Å². The molecule has 0 aliphatic carbocycles. The third-order valence-electron chi connectivity index (χ3n) is 4.72. The summed E-state index contributed by atoms with van der Waals surface area (Å²) in [5, 5.41) is 5.96. The van der Waals surface area contributed by atoms with E-state index in [0.29, 0.717) is 15.9 Å². The Labute approximate surface area is 210 Å². The molecule has 0 saturated carbocycles. The maximum absolute atomic E-state index is 14.0. The molecular formula is C23H14BrCl2FN4O3. The van der Waals surface area contributed by atoms with Gasteiger partial charge in [0.15, 0.2) is 0 Å². The van der Waals surface area contributed by atoms with Crippen molar-refractivity contribution in [3.63, 3.8) is 0 Å². The third-order valence-corrected chi connectivity index (χ3v) is 5.76. The summed E-state index contributed by atoms with van der Waals surface area (Å²) in [5.41, 5.74) is 2.97. The Morgan fingerprint density at radius 3 is 2.35 bits per heavy atom. The summed E-state index contributed by atoms with van der Waals surface area (Å²) in [4.78, 5) is 38.1. The topological polar surface area (TPSA) is 92.2 Å². The second-order valence-electron chi connectivity index (χ2n) is 7.02. The minimum Gasteiger partial charge on any atom is -0.318 e. The summed E-state index contributed by atoms with van der Waals surface area (Å²) in [6, 6.07) is 16.6. The van der Waals surface area contributed by atoms with Crippen LogP contribution in [0, 0.1) is 5.82 Å². The highest BCUT2D eigenvalue weighted by Gasteiger charge is 2.22. The van der Waals surface area contributed by atoms with Crippen molar-refractivity contribution in [1.82, 2.24) is 4.68 Å². The van der Waals surface area contributed by atoms with Crippen LogP contribution in [0.2, 0.25) is 10.0 Å². The number of para-hydroxylation sites is 1. The van der Waals surface area contributed by atoms with Gasteiger partial charge in [0.2, 0.25) is 0 Å². The van der Waals surface area contributed by atoms with Crippen molar-refractivity contribution < 1.29 is 18.8 Å². The SMILES string of the molecule is O=C(Nc1ccc(Cl)cc1Cl)C(=O)Nn1c(C(=O)Nc2ccccc2F)cc2cc(Br)ccc21. The van der Waals surface area contributed by atoms with E-state index in [1.165, 1.54) is 42.5 Å². The average Bonchev–Trinajstić information content (AvgIpc) is 3.14. The fraction of sp³-hybridized carbons (Fsp3) is 0. The Hall–Kier alpha value is -3.40. The molecule has 4 aromatic rings. The summed E-state index contributed by atoms with van der Waals surface area (Å²) >= 11 is 15.3. The van der Waals surface area contributed by atoms with E-state index in [1.807, 2.05) is 0 Å². The molecule has 4 rings (SSSR count). The Morgan fingerprint density at radius 2 is 1.62 bits per heavy atom. The summed E-state index contributed by atoms with van der Waals surface area (Å²) in [6.07, 6.45) is 0. The molecule has 1 aromatic heterocycles. The number of hydrogen-bond donors (Lipinski definition) is 3. The Balaban J connectivity index is 1.64. The first-order valence-electron chi connectivity index (χ1n) is 9.67. The second-order valence-corrected chi connectivity index (χ2v) is 8.78. The number of carbonyl (C=O) groups is 3. The van der Waals surface area contributed by atoms with Crippen LogP contribution in [-0.4, -0.2) is 22.4 Å². The van der Waals surface area contributed by atoms with Crippen molar-refractivity contribution in [2.45, 2.75) is 0 Å². The van der Waals surface area contributed by atoms with Gasteiger partial charge < -0.3 is 10.6 Å². The van der Waals surface area contributed by atoms with Crippen LogP contribution in [0.4, 0.5) is 15.8 Å². The number of amides is 3. The van der Waals surface area contributed by atoms with Crippen molar-refractivity contribution in [3.8, 4) is 0 Å². The molecule has 3 N–H and O–H groups in total. The largest absolute Gasteiger partial charge is 0.328 e. The molecule has 34 heavy (non-hydrogen) atoms. The van der Waals surface area contributed by atoms with Gasteiger partial charge in [0.05, 0.1) is 21.9 Å². The molecule has 172 valence electrons. The maximum atomic E-state index is 14.0. The fourth-order valence-electron chi connectivity index (χ4n) is 3.14. The number of rotatable bonds is 4. The number of nitrogens with one attached hydrogen (secondary N) is 3. The first kappa shape index (κ1) is 23.7. The van der Waals surface area contributed by atoms with E-state index >= 15 is 0 Å². The molecule has 0 fully saturated rings. The molecular weight excluding hydrogens is 550 g/mol. The molecule has 0 aliphatic rings. The number of benzene rings is 3. The van der Waals surface area contributed by atoms with E-state index in [1.54, 1.807) is 24.3 Å². The average molecular weight is 564 g/mol. The molecule has 0 saturated heterocycles. The molecule has 11 heteroatoms. The minimum absolute atomic E-state index is 0.0259. The normalized spacial score (nSPS) is 10.7. The lowest BCUT2D eigenvalue weighted by atomic mass is 10.2. The standard InChI is InChI=1S/C23H14BrCl2FN4O3/c24-13-5-8-19-12(9-13)10-20(21(32)29-18-4-2-1-3-16(18)27)31(19)30-23(34)22(33)28-17-7-6-14(25)11-15(17)26/h1-11H,(H,28,33)(H,29,32)(H,30,34). The van der Waals surface area contributed by atoms with Gasteiger partial charge in [-0.25, -0.2) is 9.07 Å². The van der Waals surface area contributed by atoms with Crippen molar-refractivity contribution in [1.29, 1.82) is 0 Å². The smallest absolute Gasteiger partial charge is 0.318 e. The Kier molecular flexibility index (Phi) is 6.87. The molecule has 1 heterocycles. The maximum Gasteiger partial charge on any atom is 0.328 e. The number of fused-ring (bicyclic) bond motifs is 1. The van der Waals surface area contributed by atoms with Gasteiger partial charge in [-0.05, 0) is 54.6 Å². The zero-order valence-electron chi connectivity index (χ0n) is 17.0. The highest BCUT2D eigenvalue weighted by molar-refractivity contribution is 9.10. The van der Waals surface area contributed by atoms with Crippen LogP contribution < -0.4 is 16.1 Å². The molecule has 0 unspecified atom stereocenters. The number of aromatic nitrogens is 1. The van der Waals surface area contributed by atoms with Gasteiger partial charge in [-0.15, -0.1) is 0 Å². The fourth-order valence-corrected chi connectivity index (χ4v) is 3.98. The predicted octanol–water partition coefficient (Wildman–Crippen LogP) is 5.81. The lowest BCUT2D eigenvalue weighted by Crippen LogP contribution is -2.36. The van der Waals surface area contributed by atoms with Crippen LogP contribution in [0.5, 0.6) is 0 Å². The Bertz CT molecular complexity index is 1460. The second kappa shape index (κ2) is 9.84. The quantitative estimate of drug-likeness (QED) is 0.274. The van der Waals surface area contributed by atoms with Gasteiger partial charge in [0, 0.05) is 14.9 Å². The minimum atomic E-state index is -1.06. The van der Waals surface area contributed by atoms with Crippen LogP contribution in [-0.2, 0) is 9.59 Å². The lowest BCUT2D eigenvalue weighted by Gasteiger charge is -2.13. The van der Waals surface area contributed by atoms with Crippen molar-refractivity contribution in [2.24, 2.45) is 0 Å².